The van der Waals surface area contributed by atoms with Crippen LogP contribution >= 0.6 is 22.2 Å². The smallest absolute Gasteiger partial charge is 0.277 e. The molecule has 0 heterocycles. The van der Waals surface area contributed by atoms with Gasteiger partial charge in [0.2, 0.25) is 0 Å². The quantitative estimate of drug-likeness (QED) is 0.561. The summed E-state index contributed by atoms with van der Waals surface area (Å²) in [4.78, 5) is 2.05. The molecule has 1 rings (SSSR count). The highest BCUT2D eigenvalue weighted by atomic mass is 35.7. The first-order valence-electron chi connectivity index (χ1n) is 4.07. The van der Waals surface area contributed by atoms with Crippen LogP contribution in [0.1, 0.15) is 0 Å². The third-order valence-electron chi connectivity index (χ3n) is 1.89. The first-order chi connectivity index (χ1) is 5.91. The van der Waals surface area contributed by atoms with Crippen molar-refractivity contribution in [3.05, 3.63) is 24.3 Å². The summed E-state index contributed by atoms with van der Waals surface area (Å²) in [6.45, 7) is -0.262. The molecule has 13 heavy (non-hydrogen) atoms. The molecular weight excluding hydrogens is 221 g/mol. The Morgan fingerprint density at radius 3 is 1.85 bits per heavy atom. The molecule has 0 aromatic heterocycles. The standard InChI is InChI=1S/C9H13Cl2NSi/c1-12(2)8-4-6-9(7-5-8)13(3,10)11/h4-7H,1-3H3. The molecule has 0 unspecified atom stereocenters. The van der Waals surface area contributed by atoms with Gasteiger partial charge in [-0.05, 0) is 23.9 Å². The zero-order chi connectivity index (χ0) is 10.1. The van der Waals surface area contributed by atoms with Crippen LogP contribution < -0.4 is 10.1 Å². The Morgan fingerprint density at radius 2 is 1.54 bits per heavy atom. The molecule has 0 N–H and O–H groups in total. The summed E-state index contributed by atoms with van der Waals surface area (Å²) < 4.78 is 0. The van der Waals surface area contributed by atoms with Crippen LogP contribution in [0.5, 0.6) is 0 Å². The molecule has 1 nitrogen and oxygen atoms in total. The minimum atomic E-state index is -2.17. The van der Waals surface area contributed by atoms with Gasteiger partial charge >= 0.3 is 0 Å². The summed E-state index contributed by atoms with van der Waals surface area (Å²) in [7, 11) is 4.01. The maximum absolute atomic E-state index is 6.08. The van der Waals surface area contributed by atoms with Gasteiger partial charge in [-0.1, -0.05) is 12.1 Å². The first-order valence-corrected chi connectivity index (χ1v) is 8.59. The summed E-state index contributed by atoms with van der Waals surface area (Å²) in [6, 6.07) is 8.07. The van der Waals surface area contributed by atoms with Crippen molar-refractivity contribution in [2.45, 2.75) is 6.55 Å². The third-order valence-corrected chi connectivity index (χ3v) is 4.55. The molecule has 0 radical (unpaired) electrons. The van der Waals surface area contributed by atoms with Crippen LogP contribution in [0.25, 0.3) is 0 Å². The monoisotopic (exact) mass is 233 g/mol. The minimum Gasteiger partial charge on any atom is -0.378 e. The predicted octanol–water partition coefficient (Wildman–Crippen LogP) is 2.51. The summed E-state index contributed by atoms with van der Waals surface area (Å²) in [6.07, 6.45) is 0. The van der Waals surface area contributed by atoms with Crippen LogP contribution in [-0.2, 0) is 0 Å². The highest BCUT2D eigenvalue weighted by Crippen LogP contribution is 2.16. The molecule has 0 atom stereocenters. The van der Waals surface area contributed by atoms with Crippen molar-refractivity contribution in [2.24, 2.45) is 0 Å². The Kier molecular flexibility index (Phi) is 3.27. The van der Waals surface area contributed by atoms with E-state index in [0.717, 1.165) is 10.9 Å². The largest absolute Gasteiger partial charge is 0.378 e. The van der Waals surface area contributed by atoms with Crippen molar-refractivity contribution >= 4 is 39.7 Å². The van der Waals surface area contributed by atoms with Gasteiger partial charge in [0, 0.05) is 19.8 Å². The van der Waals surface area contributed by atoms with E-state index in [4.69, 9.17) is 22.2 Å². The molecule has 4 heteroatoms. The van der Waals surface area contributed by atoms with Gasteiger partial charge < -0.3 is 4.90 Å². The molecule has 0 aliphatic carbocycles. The van der Waals surface area contributed by atoms with E-state index in [1.807, 2.05) is 49.8 Å². The van der Waals surface area contributed by atoms with E-state index in [-0.39, 0.29) is 0 Å². The molecule has 0 saturated carbocycles. The van der Waals surface area contributed by atoms with Gasteiger partial charge in [-0.25, -0.2) is 0 Å². The second-order valence-electron chi connectivity index (χ2n) is 3.33. The number of anilines is 1. The van der Waals surface area contributed by atoms with Gasteiger partial charge in [0.05, 0.1) is 0 Å². The van der Waals surface area contributed by atoms with Crippen molar-refractivity contribution in [3.63, 3.8) is 0 Å². The molecule has 0 aliphatic rings. The van der Waals surface area contributed by atoms with Gasteiger partial charge in [-0.15, -0.1) is 22.2 Å². The lowest BCUT2D eigenvalue weighted by Crippen LogP contribution is -2.32. The summed E-state index contributed by atoms with van der Waals surface area (Å²) in [5.74, 6) is 0. The van der Waals surface area contributed by atoms with E-state index in [9.17, 15) is 0 Å². The lowest BCUT2D eigenvalue weighted by atomic mass is 10.3. The number of nitrogens with zero attached hydrogens (tertiary/aromatic N) is 1. The van der Waals surface area contributed by atoms with Crippen LogP contribution in [0.4, 0.5) is 5.69 Å². The van der Waals surface area contributed by atoms with E-state index in [1.165, 1.54) is 0 Å². The van der Waals surface area contributed by atoms with Gasteiger partial charge in [-0.2, -0.15) is 0 Å². The Bertz CT molecular complexity index is 277. The molecule has 0 amide bonds. The van der Waals surface area contributed by atoms with E-state index in [1.54, 1.807) is 0 Å². The maximum Gasteiger partial charge on any atom is 0.277 e. The number of halogens is 2. The van der Waals surface area contributed by atoms with Crippen molar-refractivity contribution in [3.8, 4) is 0 Å². The summed E-state index contributed by atoms with van der Waals surface area (Å²) in [5, 5.41) is 1.06. The third kappa shape index (κ3) is 2.90. The van der Waals surface area contributed by atoms with Gasteiger partial charge in [0.15, 0.2) is 0 Å². The van der Waals surface area contributed by atoms with Gasteiger partial charge in [0.1, 0.15) is 0 Å². The second-order valence-corrected chi connectivity index (χ2v) is 10.8. The molecule has 1 aromatic rings. The molecule has 0 fully saturated rings. The van der Waals surface area contributed by atoms with Crippen molar-refractivity contribution in [1.29, 1.82) is 0 Å². The maximum atomic E-state index is 6.08. The van der Waals surface area contributed by atoms with Crippen LogP contribution in [-0.4, -0.2) is 20.8 Å². The van der Waals surface area contributed by atoms with E-state index >= 15 is 0 Å². The Hall–Kier alpha value is -0.183. The lowest BCUT2D eigenvalue weighted by molar-refractivity contribution is 1.13. The van der Waals surface area contributed by atoms with Gasteiger partial charge in [0.25, 0.3) is 6.69 Å². The molecule has 0 saturated heterocycles. The highest BCUT2D eigenvalue weighted by Gasteiger charge is 2.23. The Labute approximate surface area is 89.7 Å². The predicted molar refractivity (Wildman–Crippen MR) is 63.7 cm³/mol. The Balaban J connectivity index is 2.94. The normalized spacial score (nSPS) is 11.5. The molecule has 0 aliphatic heterocycles. The molecule has 0 bridgehead atoms. The fraction of sp³-hybridized carbons (Fsp3) is 0.333. The number of hydrogen-bond donors (Lipinski definition) is 0. The number of rotatable bonds is 2. The average Bonchev–Trinajstić information content (AvgIpc) is 2.03. The van der Waals surface area contributed by atoms with Crippen LogP contribution in [0.15, 0.2) is 24.3 Å². The van der Waals surface area contributed by atoms with Crippen LogP contribution in [0.2, 0.25) is 6.55 Å². The lowest BCUT2D eigenvalue weighted by Gasteiger charge is -2.15. The fourth-order valence-electron chi connectivity index (χ4n) is 1.05. The van der Waals surface area contributed by atoms with E-state index < -0.39 is 6.69 Å². The zero-order valence-corrected chi connectivity index (χ0v) is 10.5. The van der Waals surface area contributed by atoms with Crippen molar-refractivity contribution < 1.29 is 0 Å². The first kappa shape index (κ1) is 10.9. The molecule has 72 valence electrons. The summed E-state index contributed by atoms with van der Waals surface area (Å²) in [5.41, 5.74) is 1.16. The van der Waals surface area contributed by atoms with Crippen LogP contribution in [0.3, 0.4) is 0 Å². The second kappa shape index (κ2) is 3.90. The van der Waals surface area contributed by atoms with Gasteiger partial charge in [-0.3, -0.25) is 0 Å². The fourth-order valence-corrected chi connectivity index (χ4v) is 2.56. The topological polar surface area (TPSA) is 3.24 Å². The van der Waals surface area contributed by atoms with Crippen LogP contribution in [0, 0.1) is 0 Å². The summed E-state index contributed by atoms with van der Waals surface area (Å²) >= 11 is 12.2. The van der Waals surface area contributed by atoms with E-state index in [0.29, 0.717) is 0 Å². The van der Waals surface area contributed by atoms with Crippen molar-refractivity contribution in [1.82, 2.24) is 0 Å². The average molecular weight is 234 g/mol. The molecular formula is C9H13Cl2NSi. The van der Waals surface area contributed by atoms with Crippen molar-refractivity contribution in [2.75, 3.05) is 19.0 Å². The Morgan fingerprint density at radius 1 is 1.08 bits per heavy atom. The molecule has 0 spiro atoms. The minimum absolute atomic E-state index is 1.06. The number of benzene rings is 1. The van der Waals surface area contributed by atoms with E-state index in [2.05, 4.69) is 0 Å². The zero-order valence-electron chi connectivity index (χ0n) is 8.01. The highest BCUT2D eigenvalue weighted by molar-refractivity contribution is 7.50. The number of hydrogen-bond acceptors (Lipinski definition) is 1. The molecule has 1 aromatic carbocycles. The SMILES string of the molecule is CN(C)c1ccc([Si](C)(Cl)Cl)cc1.